The van der Waals surface area contributed by atoms with E-state index in [0.717, 1.165) is 11.8 Å². The quantitative estimate of drug-likeness (QED) is 0.722. The zero-order valence-corrected chi connectivity index (χ0v) is 15.5. The van der Waals surface area contributed by atoms with E-state index in [-0.39, 0.29) is 0 Å². The van der Waals surface area contributed by atoms with E-state index in [9.17, 15) is 9.59 Å². The number of hydrogen-bond donors (Lipinski definition) is 3. The van der Waals surface area contributed by atoms with Gasteiger partial charge in [0.1, 0.15) is 0 Å². The monoisotopic (exact) mass is 370 g/mol. The number of nitrogens with zero attached hydrogens (tertiary/aromatic N) is 1. The van der Waals surface area contributed by atoms with Gasteiger partial charge in [-0.1, -0.05) is 25.1 Å². The van der Waals surface area contributed by atoms with Crippen molar-refractivity contribution >= 4 is 22.8 Å². The number of benzene rings is 1. The van der Waals surface area contributed by atoms with Crippen molar-refractivity contribution < 1.29 is 19.8 Å². The molecule has 0 radical (unpaired) electrons. The lowest BCUT2D eigenvalue weighted by Crippen LogP contribution is -2.43. The molecule has 0 saturated carbocycles. The minimum Gasteiger partial charge on any atom is -0.478 e. The number of hydrogen-bond acceptors (Lipinski definition) is 3. The number of carboxylic acids is 2. The van der Waals surface area contributed by atoms with E-state index < -0.39 is 11.9 Å². The third kappa shape index (κ3) is 4.57. The average Bonchev–Trinajstić information content (AvgIpc) is 3.02. The van der Waals surface area contributed by atoms with Crippen LogP contribution in [0.1, 0.15) is 24.6 Å². The molecule has 1 saturated heterocycles. The summed E-state index contributed by atoms with van der Waals surface area (Å²) in [6.45, 7) is 6.11. The highest BCUT2D eigenvalue weighted by Crippen LogP contribution is 2.38. The highest BCUT2D eigenvalue weighted by molar-refractivity contribution is 5.89. The first kappa shape index (κ1) is 19.2. The second kappa shape index (κ2) is 8.39. The SMILES string of the molecule is CCN1CC[C@@H]2Cc3[nH]c4ccccc4c3C[C@@H]2C1.O=C(O)/C=C/C(=O)O. The number of aliphatic carboxylic acids is 2. The zero-order chi connectivity index (χ0) is 19.4. The molecule has 1 aliphatic carbocycles. The Morgan fingerprint density at radius 2 is 1.85 bits per heavy atom. The topological polar surface area (TPSA) is 93.6 Å². The van der Waals surface area contributed by atoms with Gasteiger partial charge in [0, 0.05) is 35.3 Å². The fraction of sp³-hybridized carbons (Fsp3) is 0.429. The standard InChI is InChI=1S/C17H22N2.C4H4O4/c1-2-19-8-7-12-10-17-15(9-13(12)11-19)14-5-3-4-6-16(14)18-17;5-3(6)1-2-4(7)8/h3-6,12-13,18H,2,7-11H2,1H3;1-2H,(H,5,6)(H,7,8)/b;2-1+/t12-,13-;/m1./s1. The first-order chi connectivity index (χ1) is 13.0. The van der Waals surface area contributed by atoms with Gasteiger partial charge in [0.2, 0.25) is 0 Å². The Labute approximate surface area is 158 Å². The van der Waals surface area contributed by atoms with Gasteiger partial charge in [-0.25, -0.2) is 9.59 Å². The van der Waals surface area contributed by atoms with Crippen LogP contribution in [0.2, 0.25) is 0 Å². The third-order valence-electron chi connectivity index (χ3n) is 5.63. The van der Waals surface area contributed by atoms with Crippen molar-refractivity contribution in [2.75, 3.05) is 19.6 Å². The lowest BCUT2D eigenvalue weighted by Gasteiger charge is -2.40. The van der Waals surface area contributed by atoms with Crippen LogP contribution in [0.5, 0.6) is 0 Å². The number of nitrogens with one attached hydrogen (secondary N) is 1. The van der Waals surface area contributed by atoms with Gasteiger partial charge < -0.3 is 20.1 Å². The second-order valence-corrected chi connectivity index (χ2v) is 7.25. The normalized spacial score (nSPS) is 22.0. The summed E-state index contributed by atoms with van der Waals surface area (Å²) in [6.07, 6.45) is 5.05. The van der Waals surface area contributed by atoms with Crippen molar-refractivity contribution in [3.63, 3.8) is 0 Å². The summed E-state index contributed by atoms with van der Waals surface area (Å²) >= 11 is 0. The van der Waals surface area contributed by atoms with E-state index in [2.05, 4.69) is 41.1 Å². The summed E-state index contributed by atoms with van der Waals surface area (Å²) in [5.74, 6) is -0.733. The van der Waals surface area contributed by atoms with Crippen molar-refractivity contribution in [3.05, 3.63) is 47.7 Å². The minimum atomic E-state index is -1.26. The first-order valence-corrected chi connectivity index (χ1v) is 9.42. The molecule has 0 bridgehead atoms. The summed E-state index contributed by atoms with van der Waals surface area (Å²) in [5, 5.41) is 17.1. The number of aromatic nitrogens is 1. The fourth-order valence-electron chi connectivity index (χ4n) is 4.27. The van der Waals surface area contributed by atoms with Crippen LogP contribution in [0.3, 0.4) is 0 Å². The van der Waals surface area contributed by atoms with Crippen molar-refractivity contribution in [1.29, 1.82) is 0 Å². The second-order valence-electron chi connectivity index (χ2n) is 7.25. The Hall–Kier alpha value is -2.60. The average molecular weight is 370 g/mol. The van der Waals surface area contributed by atoms with Gasteiger partial charge in [-0.05, 0) is 55.8 Å². The Balaban J connectivity index is 0.000000226. The lowest BCUT2D eigenvalue weighted by atomic mass is 9.74. The zero-order valence-electron chi connectivity index (χ0n) is 15.5. The molecule has 0 amide bonds. The number of para-hydroxylation sites is 1. The Kier molecular flexibility index (Phi) is 5.96. The molecule has 1 aromatic heterocycles. The van der Waals surface area contributed by atoms with Gasteiger partial charge in [0.05, 0.1) is 0 Å². The molecule has 1 fully saturated rings. The molecule has 6 nitrogen and oxygen atoms in total. The smallest absolute Gasteiger partial charge is 0.328 e. The summed E-state index contributed by atoms with van der Waals surface area (Å²) in [4.78, 5) is 25.4. The molecule has 144 valence electrons. The molecular weight excluding hydrogens is 344 g/mol. The van der Waals surface area contributed by atoms with Crippen LogP contribution in [0.4, 0.5) is 0 Å². The van der Waals surface area contributed by atoms with Crippen LogP contribution >= 0.6 is 0 Å². The van der Waals surface area contributed by atoms with E-state index in [1.165, 1.54) is 55.5 Å². The minimum absolute atomic E-state index is 0.558. The molecule has 2 aliphatic rings. The van der Waals surface area contributed by atoms with Crippen molar-refractivity contribution in [1.82, 2.24) is 9.88 Å². The molecule has 3 N–H and O–H groups in total. The number of carboxylic acid groups (broad SMARTS) is 2. The van der Waals surface area contributed by atoms with Crippen LogP contribution in [-0.4, -0.2) is 51.7 Å². The Morgan fingerprint density at radius 3 is 2.52 bits per heavy atom. The number of fused-ring (bicyclic) bond motifs is 4. The van der Waals surface area contributed by atoms with Gasteiger partial charge in [0.15, 0.2) is 0 Å². The maximum atomic E-state index is 9.55. The van der Waals surface area contributed by atoms with E-state index in [1.807, 2.05) is 0 Å². The summed E-state index contributed by atoms with van der Waals surface area (Å²) in [7, 11) is 0. The molecule has 2 aromatic rings. The molecule has 0 unspecified atom stereocenters. The summed E-state index contributed by atoms with van der Waals surface area (Å²) in [5.41, 5.74) is 4.46. The molecule has 2 atom stereocenters. The van der Waals surface area contributed by atoms with Gasteiger partial charge >= 0.3 is 11.9 Å². The van der Waals surface area contributed by atoms with Gasteiger partial charge in [-0.2, -0.15) is 0 Å². The highest BCUT2D eigenvalue weighted by atomic mass is 16.4. The number of H-pyrrole nitrogens is 1. The number of aromatic amines is 1. The molecular formula is C21H26N2O4. The number of piperidine rings is 1. The molecule has 27 heavy (non-hydrogen) atoms. The number of rotatable bonds is 3. The number of likely N-dealkylation sites (tertiary alicyclic amines) is 1. The van der Waals surface area contributed by atoms with Crippen LogP contribution < -0.4 is 0 Å². The molecule has 0 spiro atoms. The molecule has 4 rings (SSSR count). The Morgan fingerprint density at radius 1 is 1.15 bits per heavy atom. The first-order valence-electron chi connectivity index (χ1n) is 9.42. The van der Waals surface area contributed by atoms with Crippen LogP contribution in [0.15, 0.2) is 36.4 Å². The lowest BCUT2D eigenvalue weighted by molar-refractivity contribution is -0.134. The largest absolute Gasteiger partial charge is 0.478 e. The van der Waals surface area contributed by atoms with Crippen molar-refractivity contribution in [2.45, 2.75) is 26.2 Å². The number of carbonyl (C=O) groups is 2. The maximum absolute atomic E-state index is 9.55. The predicted octanol–water partition coefficient (Wildman–Crippen LogP) is 2.94. The maximum Gasteiger partial charge on any atom is 0.328 e. The van der Waals surface area contributed by atoms with E-state index >= 15 is 0 Å². The fourth-order valence-corrected chi connectivity index (χ4v) is 4.27. The van der Waals surface area contributed by atoms with Gasteiger partial charge in [-0.15, -0.1) is 0 Å². The van der Waals surface area contributed by atoms with Crippen LogP contribution in [0, 0.1) is 11.8 Å². The highest BCUT2D eigenvalue weighted by Gasteiger charge is 2.34. The van der Waals surface area contributed by atoms with E-state index in [4.69, 9.17) is 10.2 Å². The third-order valence-corrected chi connectivity index (χ3v) is 5.63. The molecule has 2 heterocycles. The van der Waals surface area contributed by atoms with Crippen molar-refractivity contribution in [2.24, 2.45) is 11.8 Å². The predicted molar refractivity (Wildman–Crippen MR) is 104 cm³/mol. The summed E-state index contributed by atoms with van der Waals surface area (Å²) in [6, 6.07) is 8.80. The van der Waals surface area contributed by atoms with E-state index in [0.29, 0.717) is 12.2 Å². The van der Waals surface area contributed by atoms with Gasteiger partial charge in [0.25, 0.3) is 0 Å². The molecule has 6 heteroatoms. The van der Waals surface area contributed by atoms with E-state index in [1.54, 1.807) is 5.56 Å². The van der Waals surface area contributed by atoms with Gasteiger partial charge in [-0.3, -0.25) is 0 Å². The van der Waals surface area contributed by atoms with Crippen LogP contribution in [-0.2, 0) is 22.4 Å². The van der Waals surface area contributed by atoms with Crippen LogP contribution in [0.25, 0.3) is 10.9 Å². The summed E-state index contributed by atoms with van der Waals surface area (Å²) < 4.78 is 0. The molecule has 1 aliphatic heterocycles. The van der Waals surface area contributed by atoms with Crippen molar-refractivity contribution in [3.8, 4) is 0 Å². The molecule has 1 aromatic carbocycles. The Bertz CT molecular complexity index is 839.